The fraction of sp³-hybridized carbons (Fsp3) is 0.200. The van der Waals surface area contributed by atoms with Crippen LogP contribution in [0.5, 0.6) is 0 Å². The fourth-order valence-corrected chi connectivity index (χ4v) is 1.83. The zero-order chi connectivity index (χ0) is 6.15. The predicted molar refractivity (Wildman–Crippen MR) is 39.1 cm³/mol. The number of rotatable bonds is 0. The Morgan fingerprint density at radius 2 is 2.12 bits per heavy atom. The Labute approximate surface area is 62.0 Å². The van der Waals surface area contributed by atoms with Gasteiger partial charge in [-0.2, -0.15) is 0 Å². The Balaban J connectivity index is 3.14. The highest BCUT2D eigenvalue weighted by Gasteiger charge is 1.98. The van der Waals surface area contributed by atoms with E-state index in [0.29, 0.717) is 9.36 Å². The van der Waals surface area contributed by atoms with Crippen molar-refractivity contribution in [1.82, 2.24) is 0 Å². The lowest BCUT2D eigenvalue weighted by molar-refractivity contribution is 1.64. The van der Waals surface area contributed by atoms with Crippen LogP contribution in [0.25, 0.3) is 0 Å². The summed E-state index contributed by atoms with van der Waals surface area (Å²) < 4.78 is 0.684. The Bertz CT molecular complexity index is 173. The normalized spacial score (nSPS) is 9.88. The second-order valence-electron chi connectivity index (χ2n) is 1.48. The van der Waals surface area contributed by atoms with E-state index in [2.05, 4.69) is 0 Å². The van der Waals surface area contributed by atoms with E-state index >= 15 is 0 Å². The van der Waals surface area contributed by atoms with Crippen LogP contribution in [0.15, 0.2) is 6.07 Å². The van der Waals surface area contributed by atoms with E-state index in [1.807, 2.05) is 13.0 Å². The van der Waals surface area contributed by atoms with Crippen LogP contribution in [0.4, 0.5) is 0 Å². The van der Waals surface area contributed by atoms with Crippen LogP contribution in [-0.4, -0.2) is 0 Å². The molecule has 0 saturated heterocycles. The summed E-state index contributed by atoms with van der Waals surface area (Å²) in [5, 5.41) is 0.661. The first-order valence-electron chi connectivity index (χ1n) is 2.11. The van der Waals surface area contributed by atoms with Crippen molar-refractivity contribution in [3.63, 3.8) is 0 Å². The van der Waals surface area contributed by atoms with Crippen LogP contribution in [0, 0.1) is 6.92 Å². The summed E-state index contributed by atoms with van der Waals surface area (Å²) >= 11 is 12.7. The summed E-state index contributed by atoms with van der Waals surface area (Å²) in [5.74, 6) is 0. The van der Waals surface area contributed by atoms with Gasteiger partial charge in [0.05, 0.1) is 5.02 Å². The van der Waals surface area contributed by atoms with Gasteiger partial charge in [-0.3, -0.25) is 0 Å². The Morgan fingerprint density at radius 1 is 1.50 bits per heavy atom. The van der Waals surface area contributed by atoms with Gasteiger partial charge in [0.1, 0.15) is 4.34 Å². The number of aryl methyl sites for hydroxylation is 1. The fourth-order valence-electron chi connectivity index (χ4n) is 0.455. The molecule has 0 spiro atoms. The molecular weight excluding hydrogens is 163 g/mol. The molecule has 44 valence electrons. The third kappa shape index (κ3) is 1.16. The molecule has 0 aliphatic heterocycles. The maximum absolute atomic E-state index is 5.62. The first-order chi connectivity index (χ1) is 3.70. The van der Waals surface area contributed by atoms with Gasteiger partial charge < -0.3 is 0 Å². The maximum atomic E-state index is 5.62. The van der Waals surface area contributed by atoms with E-state index < -0.39 is 0 Å². The lowest BCUT2D eigenvalue weighted by atomic mass is 10.5. The molecule has 0 aromatic carbocycles. The maximum Gasteiger partial charge on any atom is 0.112 e. The molecule has 0 aliphatic rings. The molecule has 1 rings (SSSR count). The molecule has 0 atom stereocenters. The molecule has 1 heterocycles. The minimum absolute atomic E-state index is 0.661. The van der Waals surface area contributed by atoms with Crippen LogP contribution < -0.4 is 0 Å². The third-order valence-corrected chi connectivity index (χ3v) is 2.55. The van der Waals surface area contributed by atoms with Crippen LogP contribution in [0.2, 0.25) is 9.36 Å². The highest BCUT2D eigenvalue weighted by atomic mass is 35.5. The molecule has 1 aromatic heterocycles. The standard InChI is InChI=1S/C5H4Cl2S/c1-3-2-4(6)5(7)8-3/h2H,1H3. The Hall–Kier alpha value is 0.280. The van der Waals surface area contributed by atoms with Crippen LogP contribution in [0.1, 0.15) is 4.88 Å². The summed E-state index contributed by atoms with van der Waals surface area (Å²) in [7, 11) is 0. The van der Waals surface area contributed by atoms with Crippen molar-refractivity contribution < 1.29 is 0 Å². The molecule has 0 fully saturated rings. The molecule has 0 amide bonds. The van der Waals surface area contributed by atoms with E-state index in [1.165, 1.54) is 11.3 Å². The quantitative estimate of drug-likeness (QED) is 0.555. The van der Waals surface area contributed by atoms with E-state index in [4.69, 9.17) is 23.2 Å². The van der Waals surface area contributed by atoms with Crippen LogP contribution in [-0.2, 0) is 0 Å². The van der Waals surface area contributed by atoms with Crippen molar-refractivity contribution in [1.29, 1.82) is 0 Å². The number of hydrogen-bond acceptors (Lipinski definition) is 1. The summed E-state index contributed by atoms with van der Waals surface area (Å²) in [6, 6.07) is 1.86. The number of hydrogen-bond donors (Lipinski definition) is 0. The first-order valence-corrected chi connectivity index (χ1v) is 3.69. The molecule has 3 heteroatoms. The van der Waals surface area contributed by atoms with Crippen molar-refractivity contribution in [3.8, 4) is 0 Å². The van der Waals surface area contributed by atoms with Gasteiger partial charge in [0.15, 0.2) is 0 Å². The second kappa shape index (κ2) is 2.26. The molecule has 8 heavy (non-hydrogen) atoms. The monoisotopic (exact) mass is 166 g/mol. The van der Waals surface area contributed by atoms with Crippen molar-refractivity contribution in [3.05, 3.63) is 20.3 Å². The summed E-state index contributed by atoms with van der Waals surface area (Å²) in [4.78, 5) is 1.15. The molecule has 0 bridgehead atoms. The average Bonchev–Trinajstić information content (AvgIpc) is 1.85. The lowest BCUT2D eigenvalue weighted by Crippen LogP contribution is -1.47. The molecule has 0 unspecified atom stereocenters. The van der Waals surface area contributed by atoms with E-state index in [-0.39, 0.29) is 0 Å². The van der Waals surface area contributed by atoms with Crippen molar-refractivity contribution in [2.75, 3.05) is 0 Å². The molecule has 1 aromatic rings. The van der Waals surface area contributed by atoms with Gasteiger partial charge in [-0.05, 0) is 13.0 Å². The van der Waals surface area contributed by atoms with E-state index in [1.54, 1.807) is 0 Å². The zero-order valence-electron chi connectivity index (χ0n) is 4.24. The number of thiophene rings is 1. The van der Waals surface area contributed by atoms with E-state index in [9.17, 15) is 0 Å². The van der Waals surface area contributed by atoms with Crippen molar-refractivity contribution >= 4 is 34.5 Å². The smallest absolute Gasteiger partial charge is 0.112 e. The SMILES string of the molecule is Cc1cc(Cl)c(Cl)s1. The minimum atomic E-state index is 0.661. The summed E-state index contributed by atoms with van der Waals surface area (Å²) in [5.41, 5.74) is 0. The van der Waals surface area contributed by atoms with Gasteiger partial charge in [-0.1, -0.05) is 23.2 Å². The average molecular weight is 167 g/mol. The predicted octanol–water partition coefficient (Wildman–Crippen LogP) is 3.36. The number of halogens is 2. The van der Waals surface area contributed by atoms with Crippen LogP contribution >= 0.6 is 34.5 Å². The van der Waals surface area contributed by atoms with Gasteiger partial charge in [0.25, 0.3) is 0 Å². The van der Waals surface area contributed by atoms with E-state index in [0.717, 1.165) is 4.88 Å². The molecule has 0 aliphatic carbocycles. The highest BCUT2D eigenvalue weighted by molar-refractivity contribution is 7.16. The summed E-state index contributed by atoms with van der Waals surface area (Å²) in [6.45, 7) is 1.97. The van der Waals surface area contributed by atoms with Gasteiger partial charge in [0.2, 0.25) is 0 Å². The van der Waals surface area contributed by atoms with Crippen molar-refractivity contribution in [2.24, 2.45) is 0 Å². The molecule has 0 saturated carbocycles. The first kappa shape index (κ1) is 6.40. The molecule has 0 N–H and O–H groups in total. The topological polar surface area (TPSA) is 0 Å². The highest BCUT2D eigenvalue weighted by Crippen LogP contribution is 2.30. The van der Waals surface area contributed by atoms with Crippen LogP contribution in [0.3, 0.4) is 0 Å². The molecular formula is C5H4Cl2S. The molecule has 0 radical (unpaired) electrons. The summed E-state index contributed by atoms with van der Waals surface area (Å²) in [6.07, 6.45) is 0. The lowest BCUT2D eigenvalue weighted by Gasteiger charge is -1.73. The largest absolute Gasteiger partial charge is 0.127 e. The second-order valence-corrected chi connectivity index (χ2v) is 3.74. The zero-order valence-corrected chi connectivity index (χ0v) is 6.57. The molecule has 0 nitrogen and oxygen atoms in total. The van der Waals surface area contributed by atoms with Gasteiger partial charge in [0, 0.05) is 4.88 Å². The van der Waals surface area contributed by atoms with Crippen molar-refractivity contribution in [2.45, 2.75) is 6.92 Å². The van der Waals surface area contributed by atoms with Gasteiger partial charge in [-0.25, -0.2) is 0 Å². The third-order valence-electron chi connectivity index (χ3n) is 0.768. The minimum Gasteiger partial charge on any atom is -0.127 e. The van der Waals surface area contributed by atoms with Gasteiger partial charge in [-0.15, -0.1) is 11.3 Å². The Morgan fingerprint density at radius 3 is 2.25 bits per heavy atom. The van der Waals surface area contributed by atoms with Gasteiger partial charge >= 0.3 is 0 Å². The Kier molecular flexibility index (Phi) is 1.81.